The van der Waals surface area contributed by atoms with E-state index in [-0.39, 0.29) is 0 Å². The minimum absolute atomic E-state index is 1.26. The average molecular weight is 154 g/mol. The maximum atomic E-state index is 3.64. The monoisotopic (exact) mass is 154 g/mol. The second kappa shape index (κ2) is 5.36. The molecule has 56 valence electrons. The van der Waals surface area contributed by atoms with Gasteiger partial charge < -0.3 is 0 Å². The third-order valence-electron chi connectivity index (χ3n) is 0.949. The van der Waals surface area contributed by atoms with Crippen molar-refractivity contribution in [3.05, 3.63) is 35.3 Å². The Morgan fingerprint density at radius 3 is 2.30 bits per heavy atom. The molecule has 0 rings (SSSR count). The van der Waals surface area contributed by atoms with E-state index < -0.39 is 0 Å². The van der Waals surface area contributed by atoms with E-state index in [1.807, 2.05) is 12.2 Å². The Labute approximate surface area is 67.7 Å². The molecule has 0 aliphatic rings. The number of thioether (sulfide) groups is 1. The summed E-state index contributed by atoms with van der Waals surface area (Å²) in [5, 5.41) is 0. The van der Waals surface area contributed by atoms with Crippen molar-refractivity contribution in [3.63, 3.8) is 0 Å². The fourth-order valence-corrected chi connectivity index (χ4v) is 1.16. The van der Waals surface area contributed by atoms with Crippen molar-refractivity contribution in [2.75, 3.05) is 6.26 Å². The van der Waals surface area contributed by atoms with Gasteiger partial charge in [0.1, 0.15) is 0 Å². The number of hydrogen-bond acceptors (Lipinski definition) is 1. The van der Waals surface area contributed by atoms with Gasteiger partial charge in [-0.25, -0.2) is 0 Å². The van der Waals surface area contributed by atoms with Crippen LogP contribution >= 0.6 is 11.8 Å². The van der Waals surface area contributed by atoms with Gasteiger partial charge in [0.05, 0.1) is 0 Å². The second-order valence-corrected chi connectivity index (χ2v) is 3.11. The zero-order valence-corrected chi connectivity index (χ0v) is 7.66. The highest BCUT2D eigenvalue weighted by Gasteiger charge is 1.85. The number of hydrogen-bond donors (Lipinski definition) is 0. The van der Waals surface area contributed by atoms with Crippen LogP contribution < -0.4 is 0 Å². The molecular weight excluding hydrogens is 140 g/mol. The first-order chi connectivity index (χ1) is 4.70. The molecule has 0 aromatic rings. The van der Waals surface area contributed by atoms with E-state index in [1.165, 1.54) is 10.5 Å². The lowest BCUT2D eigenvalue weighted by Gasteiger charge is -1.94. The normalized spacial score (nSPS) is 10.9. The summed E-state index contributed by atoms with van der Waals surface area (Å²) in [4.78, 5) is 1.26. The van der Waals surface area contributed by atoms with Crippen molar-refractivity contribution in [2.45, 2.75) is 13.8 Å². The Hall–Kier alpha value is -0.430. The van der Waals surface area contributed by atoms with E-state index in [4.69, 9.17) is 0 Å². The van der Waals surface area contributed by atoms with Crippen molar-refractivity contribution in [1.29, 1.82) is 0 Å². The van der Waals surface area contributed by atoms with Gasteiger partial charge in [-0.15, -0.1) is 11.8 Å². The average Bonchev–Trinajstić information content (AvgIpc) is 1.86. The van der Waals surface area contributed by atoms with Crippen LogP contribution in [0.15, 0.2) is 35.3 Å². The molecule has 0 saturated heterocycles. The Morgan fingerprint density at radius 2 is 2.00 bits per heavy atom. The summed E-state index contributed by atoms with van der Waals surface area (Å²) in [6, 6.07) is 0. The number of allylic oxidation sites excluding steroid dienone is 4. The quantitative estimate of drug-likeness (QED) is 0.561. The Bertz CT molecular complexity index is 157. The van der Waals surface area contributed by atoms with Gasteiger partial charge in [-0.2, -0.15) is 0 Å². The van der Waals surface area contributed by atoms with Gasteiger partial charge in [-0.1, -0.05) is 18.2 Å². The molecule has 0 nitrogen and oxygen atoms in total. The second-order valence-electron chi connectivity index (χ2n) is 2.23. The maximum Gasteiger partial charge on any atom is 0.00682 e. The van der Waals surface area contributed by atoms with Crippen molar-refractivity contribution in [2.24, 2.45) is 0 Å². The highest BCUT2D eigenvalue weighted by atomic mass is 32.2. The Kier molecular flexibility index (Phi) is 5.13. The first-order valence-electron chi connectivity index (χ1n) is 3.22. The molecule has 0 atom stereocenters. The molecule has 0 saturated carbocycles. The van der Waals surface area contributed by atoms with Gasteiger partial charge in [-0.3, -0.25) is 0 Å². The topological polar surface area (TPSA) is 0 Å². The van der Waals surface area contributed by atoms with Gasteiger partial charge in [-0.05, 0) is 32.3 Å². The summed E-state index contributed by atoms with van der Waals surface area (Å²) < 4.78 is 0. The lowest BCUT2D eigenvalue weighted by atomic mass is 10.3. The summed E-state index contributed by atoms with van der Waals surface area (Å²) in [5.41, 5.74) is 1.32. The predicted octanol–water partition coefficient (Wildman–Crippen LogP) is 3.39. The van der Waals surface area contributed by atoms with Crippen molar-refractivity contribution >= 4 is 11.8 Å². The molecule has 1 heteroatoms. The van der Waals surface area contributed by atoms with Crippen LogP contribution in [0.3, 0.4) is 0 Å². The van der Waals surface area contributed by atoms with Crippen LogP contribution in [0.4, 0.5) is 0 Å². The standard InChI is InChI=1S/C9H14S/c1-5-6-9(10-4)7-8(2)3/h5-7H,1H2,2-4H3/b9-6+. The van der Waals surface area contributed by atoms with E-state index in [9.17, 15) is 0 Å². The van der Waals surface area contributed by atoms with Crippen LogP contribution in [-0.4, -0.2) is 6.26 Å². The molecular formula is C9H14S. The lowest BCUT2D eigenvalue weighted by Crippen LogP contribution is -1.69. The van der Waals surface area contributed by atoms with Gasteiger partial charge in [0.15, 0.2) is 0 Å². The van der Waals surface area contributed by atoms with Gasteiger partial charge >= 0.3 is 0 Å². The largest absolute Gasteiger partial charge is 0.130 e. The first kappa shape index (κ1) is 9.57. The number of rotatable bonds is 3. The van der Waals surface area contributed by atoms with Crippen molar-refractivity contribution in [1.82, 2.24) is 0 Å². The highest BCUT2D eigenvalue weighted by Crippen LogP contribution is 2.14. The molecule has 0 spiro atoms. The first-order valence-corrected chi connectivity index (χ1v) is 4.44. The van der Waals surface area contributed by atoms with E-state index >= 15 is 0 Å². The molecule has 0 aliphatic carbocycles. The van der Waals surface area contributed by atoms with Crippen LogP contribution in [0.2, 0.25) is 0 Å². The van der Waals surface area contributed by atoms with Crippen LogP contribution in [0.25, 0.3) is 0 Å². The molecule has 0 unspecified atom stereocenters. The van der Waals surface area contributed by atoms with Gasteiger partial charge in [0.25, 0.3) is 0 Å². The SMILES string of the molecule is C=C/C=C(\C=C(C)C)SC. The molecule has 0 fully saturated rings. The summed E-state index contributed by atoms with van der Waals surface area (Å²) >= 11 is 1.74. The summed E-state index contributed by atoms with van der Waals surface area (Å²) in [6.45, 7) is 7.82. The van der Waals surface area contributed by atoms with E-state index in [1.54, 1.807) is 11.8 Å². The maximum absolute atomic E-state index is 3.64. The third kappa shape index (κ3) is 4.45. The van der Waals surface area contributed by atoms with Gasteiger partial charge in [0.2, 0.25) is 0 Å². The molecule has 0 radical (unpaired) electrons. The summed E-state index contributed by atoms with van der Waals surface area (Å²) in [6.07, 6.45) is 8.03. The molecule has 0 N–H and O–H groups in total. The summed E-state index contributed by atoms with van der Waals surface area (Å²) in [5.74, 6) is 0. The van der Waals surface area contributed by atoms with Crippen LogP contribution in [-0.2, 0) is 0 Å². The Morgan fingerprint density at radius 1 is 1.40 bits per heavy atom. The highest BCUT2D eigenvalue weighted by molar-refractivity contribution is 8.02. The molecule has 0 heterocycles. The zero-order valence-electron chi connectivity index (χ0n) is 6.85. The fraction of sp³-hybridized carbons (Fsp3) is 0.333. The van der Waals surface area contributed by atoms with Crippen LogP contribution in [0.5, 0.6) is 0 Å². The Balaban J connectivity index is 4.22. The van der Waals surface area contributed by atoms with E-state index in [2.05, 4.69) is 32.8 Å². The van der Waals surface area contributed by atoms with Crippen LogP contribution in [0.1, 0.15) is 13.8 Å². The minimum Gasteiger partial charge on any atom is -0.130 e. The molecule has 10 heavy (non-hydrogen) atoms. The van der Waals surface area contributed by atoms with Crippen LogP contribution in [0, 0.1) is 0 Å². The molecule has 0 aliphatic heterocycles. The lowest BCUT2D eigenvalue weighted by molar-refractivity contribution is 1.39. The molecule has 0 aromatic heterocycles. The van der Waals surface area contributed by atoms with Crippen molar-refractivity contribution < 1.29 is 0 Å². The van der Waals surface area contributed by atoms with E-state index in [0.29, 0.717) is 0 Å². The van der Waals surface area contributed by atoms with E-state index in [0.717, 1.165) is 0 Å². The van der Waals surface area contributed by atoms with Crippen molar-refractivity contribution in [3.8, 4) is 0 Å². The predicted molar refractivity (Wildman–Crippen MR) is 51.2 cm³/mol. The molecule has 0 aromatic carbocycles. The minimum atomic E-state index is 1.26. The fourth-order valence-electron chi connectivity index (χ4n) is 0.576. The molecule has 0 amide bonds. The summed E-state index contributed by atoms with van der Waals surface area (Å²) in [7, 11) is 0. The smallest absolute Gasteiger partial charge is 0.00682 e. The molecule has 0 bridgehead atoms. The third-order valence-corrected chi connectivity index (χ3v) is 1.67. The zero-order chi connectivity index (χ0) is 7.98. The van der Waals surface area contributed by atoms with Gasteiger partial charge in [0, 0.05) is 4.91 Å².